The van der Waals surface area contributed by atoms with Crippen molar-refractivity contribution in [2.75, 3.05) is 33.2 Å². The molecule has 0 aliphatic carbocycles. The number of esters is 1. The van der Waals surface area contributed by atoms with Gasteiger partial charge in [-0.25, -0.2) is 4.79 Å². The Hall–Kier alpha value is -2.74. The fraction of sp³-hybridized carbons (Fsp3) is 0.393. The Morgan fingerprint density at radius 3 is 2.37 bits per heavy atom. The second-order valence-corrected chi connectivity index (χ2v) is 9.74. The maximum absolute atomic E-state index is 11.8. The number of rotatable bonds is 9. The molecule has 1 saturated heterocycles. The molecular formula is C28H33NO5S. The summed E-state index contributed by atoms with van der Waals surface area (Å²) in [5, 5.41) is 0. The van der Waals surface area contributed by atoms with Crippen molar-refractivity contribution in [2.45, 2.75) is 37.5 Å². The van der Waals surface area contributed by atoms with Gasteiger partial charge in [0, 0.05) is 29.1 Å². The third kappa shape index (κ3) is 6.10. The van der Waals surface area contributed by atoms with E-state index in [2.05, 4.69) is 66.3 Å². The first kappa shape index (κ1) is 25.4. The number of methoxy groups -OCH3 is 1. The molecule has 35 heavy (non-hydrogen) atoms. The van der Waals surface area contributed by atoms with E-state index in [0.29, 0.717) is 19.8 Å². The van der Waals surface area contributed by atoms with Crippen LogP contribution in [0, 0.1) is 12.8 Å². The number of benzene rings is 2. The number of carbonyl (C=O) groups is 1. The Balaban J connectivity index is 1.28. The van der Waals surface area contributed by atoms with Gasteiger partial charge in [0.1, 0.15) is 12.4 Å². The van der Waals surface area contributed by atoms with Crippen molar-refractivity contribution in [1.82, 2.24) is 4.57 Å². The Kier molecular flexibility index (Phi) is 8.21. The van der Waals surface area contributed by atoms with Crippen LogP contribution in [0.4, 0.5) is 0 Å². The molecule has 3 aromatic rings. The minimum Gasteiger partial charge on any atom is -0.492 e. The van der Waals surface area contributed by atoms with Crippen LogP contribution in [0.15, 0.2) is 65.6 Å². The number of hydrogen-bond donors (Lipinski definition) is 0. The van der Waals surface area contributed by atoms with Gasteiger partial charge in [-0.2, -0.15) is 0 Å². The van der Waals surface area contributed by atoms with Crippen LogP contribution in [0.2, 0.25) is 0 Å². The molecule has 0 bridgehead atoms. The van der Waals surface area contributed by atoms with Crippen molar-refractivity contribution in [3.63, 3.8) is 0 Å². The van der Waals surface area contributed by atoms with Gasteiger partial charge < -0.3 is 23.5 Å². The summed E-state index contributed by atoms with van der Waals surface area (Å²) in [6.07, 6.45) is 2.89. The number of aryl methyl sites for hydroxylation is 1. The van der Waals surface area contributed by atoms with Gasteiger partial charge >= 0.3 is 5.97 Å². The minimum atomic E-state index is -1.31. The van der Waals surface area contributed by atoms with Crippen LogP contribution in [0.5, 0.6) is 5.75 Å². The molecule has 0 amide bonds. The highest BCUT2D eigenvalue weighted by Crippen LogP contribution is 2.27. The van der Waals surface area contributed by atoms with E-state index in [9.17, 15) is 4.79 Å². The van der Waals surface area contributed by atoms with Crippen LogP contribution in [0.3, 0.4) is 0 Å². The number of ether oxygens (including phenoxy) is 4. The summed E-state index contributed by atoms with van der Waals surface area (Å²) in [6.45, 7) is 5.98. The molecule has 1 aromatic heterocycles. The Bertz CT molecular complexity index is 1120. The molecule has 1 aliphatic rings. The molecule has 0 radical (unpaired) electrons. The van der Waals surface area contributed by atoms with Crippen molar-refractivity contribution in [1.29, 1.82) is 0 Å². The predicted octanol–water partition coefficient (Wildman–Crippen LogP) is 5.36. The van der Waals surface area contributed by atoms with Crippen molar-refractivity contribution < 1.29 is 23.7 Å². The number of carbonyl (C=O) groups excluding carboxylic acids is 1. The molecule has 1 aliphatic heterocycles. The molecule has 7 heteroatoms. The quantitative estimate of drug-likeness (QED) is 0.294. The van der Waals surface area contributed by atoms with E-state index in [1.807, 2.05) is 12.1 Å². The lowest BCUT2D eigenvalue weighted by Gasteiger charge is -2.35. The van der Waals surface area contributed by atoms with Gasteiger partial charge in [-0.15, -0.1) is 11.8 Å². The number of thioether (sulfide) groups is 1. The normalized spacial score (nSPS) is 19.9. The minimum absolute atomic E-state index is 0.180. The predicted molar refractivity (Wildman–Crippen MR) is 138 cm³/mol. The topological polar surface area (TPSA) is 58.9 Å². The van der Waals surface area contributed by atoms with Gasteiger partial charge in [-0.1, -0.05) is 24.3 Å². The van der Waals surface area contributed by atoms with E-state index in [4.69, 9.17) is 18.9 Å². The van der Waals surface area contributed by atoms with E-state index in [1.54, 1.807) is 18.7 Å². The molecule has 186 valence electrons. The largest absolute Gasteiger partial charge is 0.492 e. The number of aromatic nitrogens is 1. The smallest absolute Gasteiger partial charge is 0.366 e. The lowest BCUT2D eigenvalue weighted by molar-refractivity contribution is -0.272. The monoisotopic (exact) mass is 495 g/mol. The highest BCUT2D eigenvalue weighted by Gasteiger charge is 2.41. The molecule has 0 unspecified atom stereocenters. The molecular weight excluding hydrogens is 462 g/mol. The first-order valence-electron chi connectivity index (χ1n) is 11.8. The highest BCUT2D eigenvalue weighted by molar-refractivity contribution is 7.98. The summed E-state index contributed by atoms with van der Waals surface area (Å²) in [7, 11) is 1.33. The van der Waals surface area contributed by atoms with Crippen molar-refractivity contribution >= 4 is 17.7 Å². The highest BCUT2D eigenvalue weighted by atomic mass is 32.2. The lowest BCUT2D eigenvalue weighted by atomic mass is 9.99. The van der Waals surface area contributed by atoms with Gasteiger partial charge in [-0.05, 0) is 67.1 Å². The average Bonchev–Trinajstić information content (AvgIpc) is 3.26. The Labute approximate surface area is 211 Å². The molecule has 0 spiro atoms. The first-order chi connectivity index (χ1) is 16.9. The fourth-order valence-electron chi connectivity index (χ4n) is 4.25. The van der Waals surface area contributed by atoms with Gasteiger partial charge in [0.05, 0.1) is 26.9 Å². The summed E-state index contributed by atoms with van der Waals surface area (Å²) < 4.78 is 24.4. The van der Waals surface area contributed by atoms with E-state index in [-0.39, 0.29) is 5.92 Å². The zero-order chi connectivity index (χ0) is 24.8. The number of nitrogens with zero attached hydrogens (tertiary/aromatic N) is 1. The van der Waals surface area contributed by atoms with Crippen LogP contribution in [-0.2, 0) is 32.0 Å². The number of hydrogen-bond acceptors (Lipinski definition) is 6. The van der Waals surface area contributed by atoms with Crippen molar-refractivity contribution in [2.24, 2.45) is 5.92 Å². The maximum Gasteiger partial charge on any atom is 0.366 e. The summed E-state index contributed by atoms with van der Waals surface area (Å²) in [5.41, 5.74) is 4.80. The first-order valence-corrected chi connectivity index (χ1v) is 13.0. The molecule has 2 heterocycles. The molecule has 6 nitrogen and oxygen atoms in total. The summed E-state index contributed by atoms with van der Waals surface area (Å²) in [6, 6.07) is 21.1. The van der Waals surface area contributed by atoms with E-state index >= 15 is 0 Å². The van der Waals surface area contributed by atoms with Crippen LogP contribution in [0.1, 0.15) is 18.2 Å². The molecule has 0 N–H and O–H groups in total. The Morgan fingerprint density at radius 1 is 1.06 bits per heavy atom. The summed E-state index contributed by atoms with van der Waals surface area (Å²) in [5.74, 6) is -0.787. The van der Waals surface area contributed by atoms with Gasteiger partial charge in [0.25, 0.3) is 5.79 Å². The molecule has 4 rings (SSSR count). The third-order valence-electron chi connectivity index (χ3n) is 6.36. The Morgan fingerprint density at radius 2 is 1.74 bits per heavy atom. The standard InChI is InChI=1S/C28H33NO5S/c1-20-5-14-26(23-8-12-25(35-4)13-9-23)29(20)15-16-32-24-10-6-21(7-11-24)17-22-18-33-28(2,34-19-22)27(30)31-3/h5-14,22H,15-19H2,1-4H3/t22-,28+. The van der Waals surface area contributed by atoms with Crippen LogP contribution in [0.25, 0.3) is 11.3 Å². The van der Waals surface area contributed by atoms with Crippen LogP contribution < -0.4 is 4.74 Å². The van der Waals surface area contributed by atoms with Crippen molar-refractivity contribution in [3.05, 3.63) is 71.9 Å². The zero-order valence-electron chi connectivity index (χ0n) is 20.8. The summed E-state index contributed by atoms with van der Waals surface area (Å²) in [4.78, 5) is 13.1. The molecule has 1 fully saturated rings. The third-order valence-corrected chi connectivity index (χ3v) is 7.10. The van der Waals surface area contributed by atoms with Crippen LogP contribution in [-0.4, -0.2) is 49.5 Å². The SMILES string of the molecule is COC(=O)[C@]1(C)OC[C@H](Cc2ccc(OCCn3c(C)ccc3-c3ccc(SC)cc3)cc2)CO1. The maximum atomic E-state index is 11.8. The molecule has 0 atom stereocenters. The summed E-state index contributed by atoms with van der Waals surface area (Å²) >= 11 is 1.75. The van der Waals surface area contributed by atoms with Gasteiger partial charge in [0.2, 0.25) is 0 Å². The van der Waals surface area contributed by atoms with Crippen molar-refractivity contribution in [3.8, 4) is 17.0 Å². The zero-order valence-corrected chi connectivity index (χ0v) is 21.6. The second-order valence-electron chi connectivity index (χ2n) is 8.86. The van der Waals surface area contributed by atoms with Crippen LogP contribution >= 0.6 is 11.8 Å². The van der Waals surface area contributed by atoms with Gasteiger partial charge in [-0.3, -0.25) is 0 Å². The van der Waals surface area contributed by atoms with E-state index in [1.165, 1.54) is 34.5 Å². The van der Waals surface area contributed by atoms with Gasteiger partial charge in [0.15, 0.2) is 0 Å². The average molecular weight is 496 g/mol. The fourth-order valence-corrected chi connectivity index (χ4v) is 4.66. The molecule has 2 aromatic carbocycles. The van der Waals surface area contributed by atoms with E-state index < -0.39 is 11.8 Å². The molecule has 0 saturated carbocycles. The lowest BCUT2D eigenvalue weighted by Crippen LogP contribution is -2.48. The van der Waals surface area contributed by atoms with E-state index in [0.717, 1.165) is 18.7 Å². The second kappa shape index (κ2) is 11.3.